The molecule has 0 spiro atoms. The number of hydrogen-bond donors (Lipinski definition) is 1. The molecule has 1 aliphatic carbocycles. The lowest BCUT2D eigenvalue weighted by molar-refractivity contribution is 0.268. The van der Waals surface area contributed by atoms with Gasteiger partial charge in [0.05, 0.1) is 0 Å². The van der Waals surface area contributed by atoms with Gasteiger partial charge in [-0.25, -0.2) is 0 Å². The molecule has 106 valence electrons. The number of halogens is 1. The van der Waals surface area contributed by atoms with Crippen molar-refractivity contribution in [1.82, 2.24) is 10.2 Å². The normalized spacial score (nSPS) is 20.1. The molecule has 1 aromatic rings. The summed E-state index contributed by atoms with van der Waals surface area (Å²) in [4.78, 5) is 2.27. The molecule has 1 aromatic carbocycles. The Hall–Kier alpha value is -0.380. The van der Waals surface area contributed by atoms with Gasteiger partial charge in [-0.1, -0.05) is 35.8 Å². The Morgan fingerprint density at radius 2 is 2.11 bits per heavy atom. The van der Waals surface area contributed by atoms with Crippen molar-refractivity contribution in [2.24, 2.45) is 5.92 Å². The van der Waals surface area contributed by atoms with Crippen LogP contribution in [-0.4, -0.2) is 31.6 Å². The van der Waals surface area contributed by atoms with Gasteiger partial charge >= 0.3 is 0 Å². The van der Waals surface area contributed by atoms with Crippen molar-refractivity contribution >= 4 is 15.9 Å². The summed E-state index contributed by atoms with van der Waals surface area (Å²) in [6.07, 6.45) is 2.42. The number of aryl methyl sites for hydroxylation is 1. The standard InChI is InChI=1S/C16H25BrN2/c1-11(2)16(10-19(3)4)18-15-8-5-12-9-13(17)6-7-14(12)15/h6-7,9,11,15-16,18H,5,8,10H2,1-4H3. The van der Waals surface area contributed by atoms with Gasteiger partial charge in [0.25, 0.3) is 0 Å². The van der Waals surface area contributed by atoms with Crippen molar-refractivity contribution in [3.8, 4) is 0 Å². The van der Waals surface area contributed by atoms with Crippen LogP contribution in [0.4, 0.5) is 0 Å². The minimum absolute atomic E-state index is 0.524. The molecule has 0 aromatic heterocycles. The lowest BCUT2D eigenvalue weighted by Gasteiger charge is -2.29. The van der Waals surface area contributed by atoms with E-state index < -0.39 is 0 Å². The summed E-state index contributed by atoms with van der Waals surface area (Å²) >= 11 is 3.56. The molecule has 2 atom stereocenters. The molecule has 0 heterocycles. The molecule has 2 unspecified atom stereocenters. The minimum atomic E-state index is 0.524. The van der Waals surface area contributed by atoms with Crippen molar-refractivity contribution in [2.45, 2.75) is 38.8 Å². The van der Waals surface area contributed by atoms with Crippen molar-refractivity contribution in [3.63, 3.8) is 0 Å². The number of nitrogens with zero attached hydrogens (tertiary/aromatic N) is 1. The van der Waals surface area contributed by atoms with Crippen molar-refractivity contribution in [2.75, 3.05) is 20.6 Å². The Kier molecular flexibility index (Phi) is 5.04. The van der Waals surface area contributed by atoms with Crippen LogP contribution in [0.1, 0.15) is 37.4 Å². The van der Waals surface area contributed by atoms with E-state index in [0.29, 0.717) is 18.0 Å². The second-order valence-electron chi connectivity index (χ2n) is 6.21. The van der Waals surface area contributed by atoms with Gasteiger partial charge in [-0.2, -0.15) is 0 Å². The molecule has 19 heavy (non-hydrogen) atoms. The summed E-state index contributed by atoms with van der Waals surface area (Å²) < 4.78 is 1.20. The number of likely N-dealkylation sites (N-methyl/N-ethyl adjacent to an activating group) is 1. The maximum absolute atomic E-state index is 3.87. The molecule has 0 saturated carbocycles. The first-order valence-electron chi connectivity index (χ1n) is 7.16. The largest absolute Gasteiger partial charge is 0.308 e. The zero-order valence-electron chi connectivity index (χ0n) is 12.4. The SMILES string of the molecule is CC(C)C(CN(C)C)NC1CCc2cc(Br)ccc21. The topological polar surface area (TPSA) is 15.3 Å². The molecular formula is C16H25BrN2. The highest BCUT2D eigenvalue weighted by Crippen LogP contribution is 2.33. The Balaban J connectivity index is 2.08. The molecule has 0 radical (unpaired) electrons. The van der Waals surface area contributed by atoms with Gasteiger partial charge in [0.15, 0.2) is 0 Å². The monoisotopic (exact) mass is 324 g/mol. The lowest BCUT2D eigenvalue weighted by Crippen LogP contribution is -2.43. The third kappa shape index (κ3) is 3.80. The first-order valence-corrected chi connectivity index (χ1v) is 7.95. The van der Waals surface area contributed by atoms with Crippen LogP contribution >= 0.6 is 15.9 Å². The second kappa shape index (κ2) is 6.38. The summed E-state index contributed by atoms with van der Waals surface area (Å²) in [6.45, 7) is 5.71. The summed E-state index contributed by atoms with van der Waals surface area (Å²) in [5.74, 6) is 0.655. The van der Waals surface area contributed by atoms with E-state index in [4.69, 9.17) is 0 Å². The summed E-state index contributed by atoms with van der Waals surface area (Å²) in [5.41, 5.74) is 2.99. The van der Waals surface area contributed by atoms with Crippen molar-refractivity contribution in [3.05, 3.63) is 33.8 Å². The highest BCUT2D eigenvalue weighted by molar-refractivity contribution is 9.10. The van der Waals surface area contributed by atoms with Gasteiger partial charge in [-0.3, -0.25) is 0 Å². The van der Waals surface area contributed by atoms with Crippen LogP contribution in [-0.2, 0) is 6.42 Å². The van der Waals surface area contributed by atoms with Crippen LogP contribution in [0, 0.1) is 5.92 Å². The Morgan fingerprint density at radius 3 is 2.74 bits per heavy atom. The Labute approximate surface area is 125 Å². The molecule has 0 bridgehead atoms. The average Bonchev–Trinajstić information content (AvgIpc) is 2.70. The smallest absolute Gasteiger partial charge is 0.0329 e. The lowest BCUT2D eigenvalue weighted by atomic mass is 10.0. The van der Waals surface area contributed by atoms with Crippen LogP contribution in [0.5, 0.6) is 0 Å². The van der Waals surface area contributed by atoms with Crippen LogP contribution < -0.4 is 5.32 Å². The summed E-state index contributed by atoms with van der Waals surface area (Å²) in [6, 6.07) is 7.78. The predicted molar refractivity (Wildman–Crippen MR) is 85.5 cm³/mol. The molecule has 2 nitrogen and oxygen atoms in total. The maximum atomic E-state index is 3.87. The molecule has 3 heteroatoms. The number of fused-ring (bicyclic) bond motifs is 1. The molecule has 0 amide bonds. The van der Waals surface area contributed by atoms with Gasteiger partial charge in [0.1, 0.15) is 0 Å². The van der Waals surface area contributed by atoms with Crippen LogP contribution in [0.2, 0.25) is 0 Å². The van der Waals surface area contributed by atoms with Gasteiger partial charge in [-0.05, 0) is 56.1 Å². The van der Waals surface area contributed by atoms with E-state index in [2.05, 4.69) is 72.3 Å². The van der Waals surface area contributed by atoms with Crippen LogP contribution in [0.15, 0.2) is 22.7 Å². The molecule has 0 saturated heterocycles. The predicted octanol–water partition coefficient (Wildman–Crippen LogP) is 3.61. The Bertz CT molecular complexity index is 429. The number of benzene rings is 1. The van der Waals surface area contributed by atoms with Gasteiger partial charge in [0, 0.05) is 23.1 Å². The molecular weight excluding hydrogens is 300 g/mol. The molecule has 1 N–H and O–H groups in total. The van der Waals surface area contributed by atoms with Gasteiger partial charge < -0.3 is 10.2 Å². The van der Waals surface area contributed by atoms with E-state index in [1.807, 2.05) is 0 Å². The average molecular weight is 325 g/mol. The van der Waals surface area contributed by atoms with Crippen LogP contribution in [0.25, 0.3) is 0 Å². The highest BCUT2D eigenvalue weighted by atomic mass is 79.9. The first-order chi connectivity index (χ1) is 8.97. The van der Waals surface area contributed by atoms with E-state index in [9.17, 15) is 0 Å². The van der Waals surface area contributed by atoms with E-state index in [-0.39, 0.29) is 0 Å². The number of nitrogens with one attached hydrogen (secondary N) is 1. The fraction of sp³-hybridized carbons (Fsp3) is 0.625. The zero-order valence-corrected chi connectivity index (χ0v) is 14.0. The van der Waals surface area contributed by atoms with Crippen LogP contribution in [0.3, 0.4) is 0 Å². The molecule has 2 rings (SSSR count). The van der Waals surface area contributed by atoms with Gasteiger partial charge in [0.2, 0.25) is 0 Å². The van der Waals surface area contributed by atoms with E-state index in [0.717, 1.165) is 6.54 Å². The molecule has 0 aliphatic heterocycles. The third-order valence-electron chi connectivity index (χ3n) is 3.96. The maximum Gasteiger partial charge on any atom is 0.0329 e. The number of rotatable bonds is 5. The molecule has 1 aliphatic rings. The fourth-order valence-electron chi connectivity index (χ4n) is 2.87. The number of hydrogen-bond acceptors (Lipinski definition) is 2. The van der Waals surface area contributed by atoms with Crippen molar-refractivity contribution in [1.29, 1.82) is 0 Å². The molecule has 0 fully saturated rings. The summed E-state index contributed by atoms with van der Waals surface area (Å²) in [7, 11) is 4.30. The fourth-order valence-corrected chi connectivity index (χ4v) is 3.28. The van der Waals surface area contributed by atoms with Gasteiger partial charge in [-0.15, -0.1) is 0 Å². The highest BCUT2D eigenvalue weighted by Gasteiger charge is 2.26. The van der Waals surface area contributed by atoms with E-state index >= 15 is 0 Å². The Morgan fingerprint density at radius 1 is 1.37 bits per heavy atom. The van der Waals surface area contributed by atoms with E-state index in [1.54, 1.807) is 0 Å². The zero-order chi connectivity index (χ0) is 14.0. The first kappa shape index (κ1) is 15.0. The second-order valence-corrected chi connectivity index (χ2v) is 7.13. The van der Waals surface area contributed by atoms with E-state index in [1.165, 1.54) is 28.4 Å². The summed E-state index contributed by atoms with van der Waals surface area (Å²) in [5, 5.41) is 3.87. The van der Waals surface area contributed by atoms with Crippen molar-refractivity contribution < 1.29 is 0 Å². The third-order valence-corrected chi connectivity index (χ3v) is 4.46. The quantitative estimate of drug-likeness (QED) is 0.890. The minimum Gasteiger partial charge on any atom is -0.308 e.